The summed E-state index contributed by atoms with van der Waals surface area (Å²) >= 11 is 0. The molecule has 2 nitrogen and oxygen atoms in total. The minimum Gasteiger partial charge on any atom is -0.490 e. The van der Waals surface area contributed by atoms with E-state index in [0.29, 0.717) is 12.1 Å². The van der Waals surface area contributed by atoms with Gasteiger partial charge in [-0.15, -0.1) is 0 Å². The molecule has 1 aromatic carbocycles. The van der Waals surface area contributed by atoms with Crippen LogP contribution >= 0.6 is 0 Å². The molecule has 1 N–H and O–H groups in total. The molecule has 1 aromatic rings. The highest BCUT2D eigenvalue weighted by Crippen LogP contribution is 2.23. The molecule has 2 heteroatoms. The highest BCUT2D eigenvalue weighted by atomic mass is 16.5. The van der Waals surface area contributed by atoms with Crippen LogP contribution in [0.2, 0.25) is 0 Å². The lowest BCUT2D eigenvalue weighted by atomic mass is 10.1. The largest absolute Gasteiger partial charge is 0.490 e. The Kier molecular flexibility index (Phi) is 7.08. The van der Waals surface area contributed by atoms with Crippen LogP contribution < -0.4 is 10.1 Å². The Morgan fingerprint density at radius 1 is 1.10 bits per heavy atom. The SMILES string of the molecule is CCCNC(C)Cc1ccc(OC2CCCCCC2)cc1. The summed E-state index contributed by atoms with van der Waals surface area (Å²) in [6.45, 7) is 5.56. The van der Waals surface area contributed by atoms with Gasteiger partial charge in [-0.1, -0.05) is 31.9 Å². The molecule has 118 valence electrons. The van der Waals surface area contributed by atoms with Gasteiger partial charge in [0.1, 0.15) is 5.75 Å². The van der Waals surface area contributed by atoms with Crippen LogP contribution in [0.1, 0.15) is 64.4 Å². The normalized spacial score (nSPS) is 18.2. The van der Waals surface area contributed by atoms with E-state index >= 15 is 0 Å². The maximum Gasteiger partial charge on any atom is 0.119 e. The van der Waals surface area contributed by atoms with Crippen LogP contribution in [0.4, 0.5) is 0 Å². The van der Waals surface area contributed by atoms with Crippen molar-refractivity contribution in [1.29, 1.82) is 0 Å². The highest BCUT2D eigenvalue weighted by molar-refractivity contribution is 5.28. The van der Waals surface area contributed by atoms with Gasteiger partial charge in [-0.3, -0.25) is 0 Å². The van der Waals surface area contributed by atoms with Crippen molar-refractivity contribution in [3.8, 4) is 5.75 Å². The summed E-state index contributed by atoms with van der Waals surface area (Å²) in [7, 11) is 0. The summed E-state index contributed by atoms with van der Waals surface area (Å²) in [4.78, 5) is 0. The van der Waals surface area contributed by atoms with Gasteiger partial charge >= 0.3 is 0 Å². The first kappa shape index (κ1) is 16.4. The molecule has 0 bridgehead atoms. The predicted octanol–water partition coefficient (Wildman–Crippen LogP) is 4.72. The molecular formula is C19H31NO. The summed E-state index contributed by atoms with van der Waals surface area (Å²) in [5, 5.41) is 3.54. The number of nitrogens with one attached hydrogen (secondary N) is 1. The summed E-state index contributed by atoms with van der Waals surface area (Å²) in [5.41, 5.74) is 1.39. The third kappa shape index (κ3) is 6.09. The Morgan fingerprint density at radius 3 is 2.38 bits per heavy atom. The van der Waals surface area contributed by atoms with Crippen LogP contribution in [0.25, 0.3) is 0 Å². The summed E-state index contributed by atoms with van der Waals surface area (Å²) < 4.78 is 6.14. The van der Waals surface area contributed by atoms with Gasteiger partial charge in [0.2, 0.25) is 0 Å². The molecule has 1 aliphatic carbocycles. The van der Waals surface area contributed by atoms with E-state index in [0.717, 1.165) is 18.7 Å². The van der Waals surface area contributed by atoms with E-state index < -0.39 is 0 Å². The smallest absolute Gasteiger partial charge is 0.119 e. The third-order valence-electron chi connectivity index (χ3n) is 4.31. The van der Waals surface area contributed by atoms with Crippen molar-refractivity contribution in [2.24, 2.45) is 0 Å². The minimum atomic E-state index is 0.434. The fourth-order valence-corrected chi connectivity index (χ4v) is 3.07. The number of ether oxygens (including phenoxy) is 1. The molecule has 0 amide bonds. The molecule has 0 saturated heterocycles. The Morgan fingerprint density at radius 2 is 1.76 bits per heavy atom. The number of benzene rings is 1. The average Bonchev–Trinajstić information content (AvgIpc) is 2.76. The van der Waals surface area contributed by atoms with Gasteiger partial charge in [0.15, 0.2) is 0 Å². The van der Waals surface area contributed by atoms with Gasteiger partial charge in [0.05, 0.1) is 6.10 Å². The molecule has 21 heavy (non-hydrogen) atoms. The van der Waals surface area contributed by atoms with Crippen molar-refractivity contribution in [1.82, 2.24) is 5.32 Å². The highest BCUT2D eigenvalue weighted by Gasteiger charge is 2.13. The number of hydrogen-bond acceptors (Lipinski definition) is 2. The topological polar surface area (TPSA) is 21.3 Å². The molecular weight excluding hydrogens is 258 g/mol. The van der Waals surface area contributed by atoms with Crippen molar-refractivity contribution in [3.05, 3.63) is 29.8 Å². The summed E-state index contributed by atoms with van der Waals surface area (Å²) in [6.07, 6.45) is 10.6. The van der Waals surface area contributed by atoms with Gasteiger partial charge in [0, 0.05) is 6.04 Å². The van der Waals surface area contributed by atoms with Gasteiger partial charge in [0.25, 0.3) is 0 Å². The Bertz CT molecular complexity index is 379. The molecule has 0 aromatic heterocycles. The quantitative estimate of drug-likeness (QED) is 0.733. The molecule has 1 aliphatic rings. The molecule has 0 radical (unpaired) electrons. The van der Waals surface area contributed by atoms with Gasteiger partial charge in [-0.25, -0.2) is 0 Å². The molecule has 1 atom stereocenters. The second kappa shape index (κ2) is 9.09. The van der Waals surface area contributed by atoms with E-state index in [1.165, 1.54) is 50.5 Å². The van der Waals surface area contributed by atoms with E-state index in [1.807, 2.05) is 0 Å². The van der Waals surface area contributed by atoms with E-state index in [2.05, 4.69) is 43.4 Å². The van der Waals surface area contributed by atoms with Crippen molar-refractivity contribution in [3.63, 3.8) is 0 Å². The van der Waals surface area contributed by atoms with E-state index in [-0.39, 0.29) is 0 Å². The molecule has 0 spiro atoms. The lowest BCUT2D eigenvalue weighted by molar-refractivity contribution is 0.183. The summed E-state index contributed by atoms with van der Waals surface area (Å²) in [5.74, 6) is 1.04. The van der Waals surface area contributed by atoms with Crippen molar-refractivity contribution < 1.29 is 4.74 Å². The predicted molar refractivity (Wildman–Crippen MR) is 90.0 cm³/mol. The molecule has 0 aliphatic heterocycles. The second-order valence-electron chi connectivity index (χ2n) is 6.43. The zero-order valence-electron chi connectivity index (χ0n) is 13.7. The fraction of sp³-hybridized carbons (Fsp3) is 0.684. The maximum absolute atomic E-state index is 6.14. The van der Waals surface area contributed by atoms with Crippen LogP contribution in [-0.4, -0.2) is 18.7 Å². The molecule has 2 rings (SSSR count). The lowest BCUT2D eigenvalue weighted by Crippen LogP contribution is -2.28. The van der Waals surface area contributed by atoms with E-state index in [1.54, 1.807) is 0 Å². The van der Waals surface area contributed by atoms with Crippen LogP contribution in [0.3, 0.4) is 0 Å². The van der Waals surface area contributed by atoms with E-state index in [4.69, 9.17) is 4.74 Å². The molecule has 1 fully saturated rings. The van der Waals surface area contributed by atoms with Crippen LogP contribution in [0.15, 0.2) is 24.3 Å². The van der Waals surface area contributed by atoms with Gasteiger partial charge < -0.3 is 10.1 Å². The minimum absolute atomic E-state index is 0.434. The standard InChI is InChI=1S/C19H31NO/c1-3-14-20-16(2)15-17-10-12-19(13-11-17)21-18-8-6-4-5-7-9-18/h10-13,16,18,20H,3-9,14-15H2,1-2H3. The van der Waals surface area contributed by atoms with Crippen molar-refractivity contribution >= 4 is 0 Å². The first-order valence-corrected chi connectivity index (χ1v) is 8.77. The van der Waals surface area contributed by atoms with Crippen molar-refractivity contribution in [2.45, 2.75) is 77.4 Å². The molecule has 0 heterocycles. The second-order valence-corrected chi connectivity index (χ2v) is 6.43. The van der Waals surface area contributed by atoms with Crippen LogP contribution in [0.5, 0.6) is 5.75 Å². The Hall–Kier alpha value is -1.02. The zero-order chi connectivity index (χ0) is 14.9. The van der Waals surface area contributed by atoms with Gasteiger partial charge in [-0.2, -0.15) is 0 Å². The lowest BCUT2D eigenvalue weighted by Gasteiger charge is -2.18. The zero-order valence-corrected chi connectivity index (χ0v) is 13.7. The van der Waals surface area contributed by atoms with Crippen molar-refractivity contribution in [2.75, 3.05) is 6.54 Å². The number of rotatable bonds is 7. The Balaban J connectivity index is 1.80. The van der Waals surface area contributed by atoms with E-state index in [9.17, 15) is 0 Å². The van der Waals surface area contributed by atoms with Crippen LogP contribution in [-0.2, 0) is 6.42 Å². The summed E-state index contributed by atoms with van der Waals surface area (Å²) in [6, 6.07) is 9.27. The maximum atomic E-state index is 6.14. The average molecular weight is 289 g/mol. The molecule has 1 unspecified atom stereocenters. The first-order valence-electron chi connectivity index (χ1n) is 8.77. The van der Waals surface area contributed by atoms with Crippen LogP contribution in [0, 0.1) is 0 Å². The molecule has 1 saturated carbocycles. The monoisotopic (exact) mass is 289 g/mol. The fourth-order valence-electron chi connectivity index (χ4n) is 3.07. The Labute approximate surface area is 130 Å². The first-order chi connectivity index (χ1) is 10.3. The third-order valence-corrected chi connectivity index (χ3v) is 4.31. The number of hydrogen-bond donors (Lipinski definition) is 1. The van der Waals surface area contributed by atoms with Gasteiger partial charge in [-0.05, 0) is 69.7 Å².